The van der Waals surface area contributed by atoms with Crippen LogP contribution in [0.4, 0.5) is 4.79 Å². The largest absolute Gasteiger partial charge is 0.492 e. The highest BCUT2D eigenvalue weighted by atomic mass is 16.5. The highest BCUT2D eigenvalue weighted by molar-refractivity contribution is 5.73. The van der Waals surface area contributed by atoms with Gasteiger partial charge in [-0.2, -0.15) is 0 Å². The van der Waals surface area contributed by atoms with Gasteiger partial charge in [0.25, 0.3) is 0 Å². The number of ether oxygens (including phenoxy) is 1. The molecule has 0 aliphatic heterocycles. The molecule has 0 aromatic heterocycles. The van der Waals surface area contributed by atoms with E-state index >= 15 is 0 Å². The summed E-state index contributed by atoms with van der Waals surface area (Å²) in [5.41, 5.74) is 2.91. The SMILES string of the molecule is CC(C)(C)c1ccc(OCCNC(=O)NCCC2=CCCCC2)cc1. The molecular weight excluding hydrogens is 312 g/mol. The number of amides is 2. The van der Waals surface area contributed by atoms with Crippen molar-refractivity contribution in [2.45, 2.75) is 58.3 Å². The van der Waals surface area contributed by atoms with Gasteiger partial charge in [0.2, 0.25) is 0 Å². The van der Waals surface area contributed by atoms with Crippen molar-refractivity contribution >= 4 is 6.03 Å². The molecule has 0 bridgehead atoms. The van der Waals surface area contributed by atoms with Gasteiger partial charge in [0.15, 0.2) is 0 Å². The van der Waals surface area contributed by atoms with Crippen molar-refractivity contribution in [2.75, 3.05) is 19.7 Å². The number of nitrogens with one attached hydrogen (secondary N) is 2. The van der Waals surface area contributed by atoms with E-state index in [2.05, 4.69) is 49.6 Å². The maximum atomic E-state index is 11.8. The Labute approximate surface area is 152 Å². The topological polar surface area (TPSA) is 50.4 Å². The van der Waals surface area contributed by atoms with Crippen molar-refractivity contribution in [2.24, 2.45) is 0 Å². The van der Waals surface area contributed by atoms with Crippen LogP contribution in [0.15, 0.2) is 35.9 Å². The molecule has 2 rings (SSSR count). The van der Waals surface area contributed by atoms with Crippen molar-refractivity contribution < 1.29 is 9.53 Å². The lowest BCUT2D eigenvalue weighted by molar-refractivity contribution is 0.236. The third-order valence-corrected chi connectivity index (χ3v) is 4.49. The molecule has 4 heteroatoms. The quantitative estimate of drug-likeness (QED) is 0.563. The fourth-order valence-corrected chi connectivity index (χ4v) is 2.92. The predicted octanol–water partition coefficient (Wildman–Crippen LogP) is 4.55. The second-order valence-corrected chi connectivity index (χ2v) is 7.66. The van der Waals surface area contributed by atoms with Crippen LogP contribution in [-0.4, -0.2) is 25.7 Å². The van der Waals surface area contributed by atoms with Crippen LogP contribution in [-0.2, 0) is 5.41 Å². The zero-order valence-corrected chi connectivity index (χ0v) is 15.9. The van der Waals surface area contributed by atoms with Crippen molar-refractivity contribution in [3.05, 3.63) is 41.5 Å². The Morgan fingerprint density at radius 1 is 1.08 bits per heavy atom. The van der Waals surface area contributed by atoms with Crippen molar-refractivity contribution in [3.8, 4) is 5.75 Å². The lowest BCUT2D eigenvalue weighted by Crippen LogP contribution is -2.38. The molecule has 1 aromatic carbocycles. The van der Waals surface area contributed by atoms with E-state index in [-0.39, 0.29) is 11.4 Å². The molecular formula is C21H32N2O2. The first kappa shape index (κ1) is 19.4. The Morgan fingerprint density at radius 2 is 1.80 bits per heavy atom. The van der Waals surface area contributed by atoms with Crippen molar-refractivity contribution in [1.29, 1.82) is 0 Å². The molecule has 0 unspecified atom stereocenters. The first-order valence-electron chi connectivity index (χ1n) is 9.38. The fraction of sp³-hybridized carbons (Fsp3) is 0.571. The van der Waals surface area contributed by atoms with Gasteiger partial charge in [-0.25, -0.2) is 4.79 Å². The van der Waals surface area contributed by atoms with Gasteiger partial charge < -0.3 is 15.4 Å². The van der Waals surface area contributed by atoms with Crippen LogP contribution in [0.25, 0.3) is 0 Å². The van der Waals surface area contributed by atoms with Crippen LogP contribution >= 0.6 is 0 Å². The number of rotatable bonds is 7. The van der Waals surface area contributed by atoms with Gasteiger partial charge in [-0.15, -0.1) is 0 Å². The summed E-state index contributed by atoms with van der Waals surface area (Å²) in [7, 11) is 0. The van der Waals surface area contributed by atoms with Gasteiger partial charge in [0.05, 0.1) is 6.54 Å². The third-order valence-electron chi connectivity index (χ3n) is 4.49. The van der Waals surface area contributed by atoms with Crippen LogP contribution in [0.2, 0.25) is 0 Å². The molecule has 1 aliphatic carbocycles. The molecule has 2 N–H and O–H groups in total. The Balaban J connectivity index is 1.57. The molecule has 25 heavy (non-hydrogen) atoms. The molecule has 0 spiro atoms. The van der Waals surface area contributed by atoms with E-state index in [9.17, 15) is 4.79 Å². The summed E-state index contributed by atoms with van der Waals surface area (Å²) < 4.78 is 5.67. The summed E-state index contributed by atoms with van der Waals surface area (Å²) in [6.07, 6.45) is 8.25. The number of hydrogen-bond acceptors (Lipinski definition) is 2. The Hall–Kier alpha value is -1.97. The molecule has 1 aliphatic rings. The van der Waals surface area contributed by atoms with Gasteiger partial charge in [-0.05, 0) is 55.2 Å². The summed E-state index contributed by atoms with van der Waals surface area (Å²) >= 11 is 0. The van der Waals surface area contributed by atoms with Crippen molar-refractivity contribution in [1.82, 2.24) is 10.6 Å². The number of hydrogen-bond donors (Lipinski definition) is 2. The number of carbonyl (C=O) groups is 1. The smallest absolute Gasteiger partial charge is 0.314 e. The predicted molar refractivity (Wildman–Crippen MR) is 103 cm³/mol. The van der Waals surface area contributed by atoms with E-state index in [0.29, 0.717) is 19.7 Å². The summed E-state index contributed by atoms with van der Waals surface area (Å²) in [6, 6.07) is 8.03. The zero-order chi connectivity index (χ0) is 18.1. The molecule has 1 aromatic rings. The number of benzene rings is 1. The fourth-order valence-electron chi connectivity index (χ4n) is 2.92. The van der Waals surface area contributed by atoms with Gasteiger partial charge in [-0.3, -0.25) is 0 Å². The Kier molecular flexibility index (Phi) is 7.35. The second-order valence-electron chi connectivity index (χ2n) is 7.66. The monoisotopic (exact) mass is 344 g/mol. The van der Waals surface area contributed by atoms with Gasteiger partial charge >= 0.3 is 6.03 Å². The highest BCUT2D eigenvalue weighted by Gasteiger charge is 2.12. The Bertz CT molecular complexity index is 571. The van der Waals surface area contributed by atoms with Crippen LogP contribution in [0, 0.1) is 0 Å². The molecule has 0 radical (unpaired) electrons. The summed E-state index contributed by atoms with van der Waals surface area (Å²) in [4.78, 5) is 11.8. The minimum atomic E-state index is -0.122. The average molecular weight is 344 g/mol. The van der Waals surface area contributed by atoms with E-state index < -0.39 is 0 Å². The summed E-state index contributed by atoms with van der Waals surface area (Å²) in [6.45, 7) is 8.23. The van der Waals surface area contributed by atoms with Crippen LogP contribution in [0.5, 0.6) is 5.75 Å². The lowest BCUT2D eigenvalue weighted by atomic mass is 9.87. The van der Waals surface area contributed by atoms with E-state index in [1.165, 1.54) is 36.8 Å². The summed E-state index contributed by atoms with van der Waals surface area (Å²) in [5, 5.41) is 5.74. The molecule has 0 atom stereocenters. The maximum absolute atomic E-state index is 11.8. The third kappa shape index (κ3) is 7.20. The van der Waals surface area contributed by atoms with Crippen LogP contribution in [0.3, 0.4) is 0 Å². The lowest BCUT2D eigenvalue weighted by Gasteiger charge is -2.19. The number of allylic oxidation sites excluding steroid dienone is 1. The van der Waals surface area contributed by atoms with Crippen LogP contribution in [0.1, 0.15) is 58.4 Å². The minimum Gasteiger partial charge on any atom is -0.492 e. The normalized spacial score (nSPS) is 14.6. The van der Waals surface area contributed by atoms with Gasteiger partial charge in [0.1, 0.15) is 12.4 Å². The summed E-state index contributed by atoms with van der Waals surface area (Å²) in [5.74, 6) is 0.833. The van der Waals surface area contributed by atoms with E-state index in [4.69, 9.17) is 4.74 Å². The highest BCUT2D eigenvalue weighted by Crippen LogP contribution is 2.24. The number of urea groups is 1. The standard InChI is InChI=1S/C21H32N2O2/c1-21(2,3)18-9-11-19(12-10-18)25-16-15-23-20(24)22-14-13-17-7-5-4-6-8-17/h7,9-12H,4-6,8,13-16H2,1-3H3,(H2,22,23,24). The van der Waals surface area contributed by atoms with Crippen LogP contribution < -0.4 is 15.4 Å². The maximum Gasteiger partial charge on any atom is 0.314 e. The average Bonchev–Trinajstić information content (AvgIpc) is 2.59. The van der Waals surface area contributed by atoms with Gasteiger partial charge in [0, 0.05) is 6.54 Å². The van der Waals surface area contributed by atoms with E-state index in [1.54, 1.807) is 0 Å². The Morgan fingerprint density at radius 3 is 2.44 bits per heavy atom. The number of carbonyl (C=O) groups excluding carboxylic acids is 1. The molecule has 0 heterocycles. The molecule has 0 fully saturated rings. The zero-order valence-electron chi connectivity index (χ0n) is 15.9. The first-order valence-corrected chi connectivity index (χ1v) is 9.38. The van der Waals surface area contributed by atoms with Gasteiger partial charge in [-0.1, -0.05) is 44.6 Å². The first-order chi connectivity index (χ1) is 11.9. The molecule has 2 amide bonds. The molecule has 138 valence electrons. The molecule has 0 saturated heterocycles. The van der Waals surface area contributed by atoms with Crippen molar-refractivity contribution in [3.63, 3.8) is 0 Å². The molecule has 0 saturated carbocycles. The second kappa shape index (κ2) is 9.50. The van der Waals surface area contributed by atoms with E-state index in [1.807, 2.05) is 12.1 Å². The minimum absolute atomic E-state index is 0.122. The molecule has 4 nitrogen and oxygen atoms in total. The van der Waals surface area contributed by atoms with E-state index in [0.717, 1.165) is 12.2 Å².